The highest BCUT2D eigenvalue weighted by Crippen LogP contribution is 2.28. The first-order valence-electron chi connectivity index (χ1n) is 5.77. The van der Waals surface area contributed by atoms with E-state index in [-0.39, 0.29) is 4.90 Å². The van der Waals surface area contributed by atoms with Crippen LogP contribution in [0.1, 0.15) is 24.8 Å². The van der Waals surface area contributed by atoms with Crippen LogP contribution in [0.2, 0.25) is 0 Å². The molecule has 0 saturated carbocycles. The quantitative estimate of drug-likeness (QED) is 0.577. The van der Waals surface area contributed by atoms with Gasteiger partial charge in [0.05, 0.1) is 4.90 Å². The molecule has 0 fully saturated rings. The molecule has 6 heteroatoms. The smallest absolute Gasteiger partial charge is 0.211 e. The average molecular weight is 409 g/mol. The van der Waals surface area contributed by atoms with Crippen molar-refractivity contribution in [3.63, 3.8) is 0 Å². The molecule has 0 radical (unpaired) electrons. The molecule has 0 aromatic heterocycles. The Morgan fingerprint density at radius 2 is 1.95 bits per heavy atom. The van der Waals surface area contributed by atoms with Gasteiger partial charge >= 0.3 is 0 Å². The summed E-state index contributed by atoms with van der Waals surface area (Å²) in [7, 11) is -3.50. The third-order valence-electron chi connectivity index (χ3n) is 2.54. The molecule has 0 spiro atoms. The maximum absolute atomic E-state index is 12.1. The van der Waals surface area contributed by atoms with E-state index in [1.807, 2.05) is 6.92 Å². The molecule has 3 nitrogen and oxygen atoms in total. The summed E-state index contributed by atoms with van der Waals surface area (Å²) in [5.41, 5.74) is 0.972. The van der Waals surface area contributed by atoms with Crippen LogP contribution in [0, 0.1) is 19.3 Å². The van der Waals surface area contributed by atoms with Crippen LogP contribution in [-0.4, -0.2) is 15.0 Å². The topological polar surface area (TPSA) is 46.2 Å². The van der Waals surface area contributed by atoms with Crippen molar-refractivity contribution in [1.29, 1.82) is 0 Å². The van der Waals surface area contributed by atoms with Gasteiger partial charge in [-0.3, -0.25) is 0 Å². The van der Waals surface area contributed by atoms with Crippen LogP contribution in [0.5, 0.6) is 0 Å². The molecule has 0 bridgehead atoms. The maximum atomic E-state index is 12.1. The maximum Gasteiger partial charge on any atom is 0.241 e. The first-order valence-corrected chi connectivity index (χ1v) is 8.84. The van der Waals surface area contributed by atoms with Gasteiger partial charge in [0.15, 0.2) is 0 Å². The molecule has 19 heavy (non-hydrogen) atoms. The number of benzene rings is 1. The van der Waals surface area contributed by atoms with Gasteiger partial charge in [-0.15, -0.1) is 12.3 Å². The molecule has 0 aliphatic heterocycles. The molecule has 104 valence electrons. The van der Waals surface area contributed by atoms with Crippen molar-refractivity contribution in [3.05, 3.63) is 26.6 Å². The van der Waals surface area contributed by atoms with Crippen LogP contribution in [0.3, 0.4) is 0 Å². The van der Waals surface area contributed by atoms with Gasteiger partial charge < -0.3 is 0 Å². The zero-order valence-electron chi connectivity index (χ0n) is 10.5. The lowest BCUT2D eigenvalue weighted by molar-refractivity contribution is 0.577. The highest BCUT2D eigenvalue weighted by Gasteiger charge is 2.18. The second-order valence-corrected chi connectivity index (χ2v) is 7.53. The summed E-state index contributed by atoms with van der Waals surface area (Å²) < 4.78 is 28.2. The Bertz CT molecular complexity index is 591. The number of hydrogen-bond donors (Lipinski definition) is 1. The molecule has 1 aromatic rings. The summed E-state index contributed by atoms with van der Waals surface area (Å²) in [4.78, 5) is 0.238. The number of halogens is 2. The van der Waals surface area contributed by atoms with Gasteiger partial charge in [0, 0.05) is 21.9 Å². The highest BCUT2D eigenvalue weighted by molar-refractivity contribution is 9.11. The van der Waals surface area contributed by atoms with E-state index >= 15 is 0 Å². The monoisotopic (exact) mass is 407 g/mol. The number of hydrogen-bond acceptors (Lipinski definition) is 2. The van der Waals surface area contributed by atoms with Crippen molar-refractivity contribution in [2.75, 3.05) is 6.54 Å². The second-order valence-electron chi connectivity index (χ2n) is 4.09. The van der Waals surface area contributed by atoms with E-state index in [0.29, 0.717) is 17.4 Å². The Kier molecular flexibility index (Phi) is 6.54. The Labute approximate surface area is 131 Å². The van der Waals surface area contributed by atoms with E-state index in [2.05, 4.69) is 42.5 Å². The van der Waals surface area contributed by atoms with E-state index in [0.717, 1.165) is 22.9 Å². The van der Waals surface area contributed by atoms with Crippen molar-refractivity contribution < 1.29 is 8.42 Å². The zero-order chi connectivity index (χ0) is 14.5. The predicted molar refractivity (Wildman–Crippen MR) is 84.5 cm³/mol. The van der Waals surface area contributed by atoms with Crippen LogP contribution in [0.4, 0.5) is 0 Å². The molecule has 0 heterocycles. The van der Waals surface area contributed by atoms with Crippen LogP contribution < -0.4 is 4.72 Å². The van der Waals surface area contributed by atoms with Gasteiger partial charge in [-0.2, -0.15) is 0 Å². The fourth-order valence-electron chi connectivity index (χ4n) is 1.47. The van der Waals surface area contributed by atoms with Crippen LogP contribution in [0.25, 0.3) is 0 Å². The van der Waals surface area contributed by atoms with E-state index in [1.54, 1.807) is 12.1 Å². The average Bonchev–Trinajstić information content (AvgIpc) is 2.33. The number of nitrogens with one attached hydrogen (secondary N) is 1. The Morgan fingerprint density at radius 1 is 1.26 bits per heavy atom. The molecule has 1 aromatic carbocycles. The Balaban J connectivity index is 2.78. The fourth-order valence-corrected chi connectivity index (χ4v) is 4.22. The van der Waals surface area contributed by atoms with Crippen LogP contribution in [0.15, 0.2) is 26.0 Å². The number of unbranched alkanes of at least 4 members (excludes halogenated alkanes) is 2. The molecule has 0 aliphatic carbocycles. The van der Waals surface area contributed by atoms with Crippen LogP contribution in [-0.2, 0) is 10.0 Å². The summed E-state index contributed by atoms with van der Waals surface area (Å²) in [6.07, 6.45) is 7.35. The number of aryl methyl sites for hydroxylation is 1. The van der Waals surface area contributed by atoms with Crippen LogP contribution >= 0.6 is 31.9 Å². The Hall–Kier alpha value is -0.350. The largest absolute Gasteiger partial charge is 0.241 e. The normalized spacial score (nSPS) is 11.3. The van der Waals surface area contributed by atoms with E-state index < -0.39 is 10.0 Å². The molecule has 0 saturated heterocycles. The standard InChI is InChI=1S/C13H15Br2NO2S/c1-3-4-5-6-7-16-19(17,18)13-9-11(14)10(2)8-12(13)15/h1,8-9,16H,4-7H2,2H3. The minimum atomic E-state index is -3.50. The van der Waals surface area contributed by atoms with Crippen molar-refractivity contribution in [1.82, 2.24) is 4.72 Å². The molecule has 1 N–H and O–H groups in total. The van der Waals surface area contributed by atoms with Crippen molar-refractivity contribution in [2.45, 2.75) is 31.1 Å². The van der Waals surface area contributed by atoms with Gasteiger partial charge in [-0.25, -0.2) is 13.1 Å². The van der Waals surface area contributed by atoms with Crippen molar-refractivity contribution >= 4 is 41.9 Å². The van der Waals surface area contributed by atoms with E-state index in [4.69, 9.17) is 6.42 Å². The lowest BCUT2D eigenvalue weighted by Crippen LogP contribution is -2.25. The SMILES string of the molecule is C#CCCCCNS(=O)(=O)c1cc(Br)c(C)cc1Br. The summed E-state index contributed by atoms with van der Waals surface area (Å²) >= 11 is 6.62. The summed E-state index contributed by atoms with van der Waals surface area (Å²) in [5.74, 6) is 2.53. The molecule has 0 amide bonds. The fraction of sp³-hybridized carbons (Fsp3) is 0.385. The number of sulfonamides is 1. The third kappa shape index (κ3) is 4.92. The predicted octanol–water partition coefficient (Wildman–Crippen LogP) is 3.60. The van der Waals surface area contributed by atoms with Gasteiger partial charge in [-0.05, 0) is 53.4 Å². The first-order chi connectivity index (χ1) is 8.88. The lowest BCUT2D eigenvalue weighted by Gasteiger charge is -2.10. The van der Waals surface area contributed by atoms with E-state index in [9.17, 15) is 8.42 Å². The molecular formula is C13H15Br2NO2S. The van der Waals surface area contributed by atoms with Gasteiger partial charge in [0.25, 0.3) is 0 Å². The molecular weight excluding hydrogens is 394 g/mol. The zero-order valence-corrected chi connectivity index (χ0v) is 14.5. The first kappa shape index (κ1) is 16.7. The molecule has 0 atom stereocenters. The highest BCUT2D eigenvalue weighted by atomic mass is 79.9. The summed E-state index contributed by atoms with van der Waals surface area (Å²) in [5, 5.41) is 0. The number of rotatable bonds is 6. The van der Waals surface area contributed by atoms with Crippen molar-refractivity contribution in [2.24, 2.45) is 0 Å². The minimum Gasteiger partial charge on any atom is -0.211 e. The minimum absolute atomic E-state index is 0.238. The molecule has 0 aliphatic rings. The van der Waals surface area contributed by atoms with Crippen molar-refractivity contribution in [3.8, 4) is 12.3 Å². The summed E-state index contributed by atoms with van der Waals surface area (Å²) in [6, 6.07) is 3.38. The lowest BCUT2D eigenvalue weighted by atomic mass is 10.2. The number of terminal acetylenes is 1. The molecule has 0 unspecified atom stereocenters. The van der Waals surface area contributed by atoms with E-state index in [1.165, 1.54) is 0 Å². The van der Waals surface area contributed by atoms with Gasteiger partial charge in [0.2, 0.25) is 10.0 Å². The van der Waals surface area contributed by atoms with Gasteiger partial charge in [0.1, 0.15) is 0 Å². The molecule has 1 rings (SSSR count). The summed E-state index contributed by atoms with van der Waals surface area (Å²) in [6.45, 7) is 2.29. The second kappa shape index (κ2) is 7.44. The Morgan fingerprint density at radius 3 is 2.58 bits per heavy atom. The van der Waals surface area contributed by atoms with Gasteiger partial charge in [-0.1, -0.05) is 15.9 Å². The third-order valence-corrected chi connectivity index (χ3v) is 5.82.